The highest BCUT2D eigenvalue weighted by molar-refractivity contribution is 9.09. The lowest BCUT2D eigenvalue weighted by molar-refractivity contribution is 0.0572. The van der Waals surface area contributed by atoms with Gasteiger partial charge in [0, 0.05) is 27.4 Å². The third-order valence-corrected chi connectivity index (χ3v) is 5.73. The van der Waals surface area contributed by atoms with Crippen LogP contribution in [-0.2, 0) is 4.52 Å². The highest BCUT2D eigenvalue weighted by Crippen LogP contribution is 2.37. The molecule has 1 rings (SSSR count). The van der Waals surface area contributed by atoms with Crippen LogP contribution >= 0.6 is 42.7 Å². The van der Waals surface area contributed by atoms with Gasteiger partial charge in [-0.1, -0.05) is 24.9 Å². The smallest absolute Gasteiger partial charge is 0.0770 e. The Balaban J connectivity index is 2.57. The fourth-order valence-electron chi connectivity index (χ4n) is 1.96. The molecule has 1 saturated heterocycles. The van der Waals surface area contributed by atoms with E-state index in [1.807, 2.05) is 0 Å². The number of nitrogens with zero attached hydrogens (tertiary/aromatic N) is 1. The molecule has 0 aliphatic carbocycles. The van der Waals surface area contributed by atoms with Crippen molar-refractivity contribution in [3.63, 3.8) is 0 Å². The fraction of sp³-hybridized carbons (Fsp3) is 1.00. The molecule has 0 aromatic rings. The van der Waals surface area contributed by atoms with Crippen molar-refractivity contribution in [3.05, 3.63) is 0 Å². The monoisotopic (exact) mass is 333 g/mol. The fourth-order valence-corrected chi connectivity index (χ4v) is 4.26. The van der Waals surface area contributed by atoms with Crippen LogP contribution in [0.25, 0.3) is 0 Å². The average Bonchev–Trinajstić information content (AvgIpc) is 2.29. The molecule has 0 aromatic heterocycles. The molecule has 1 aliphatic rings. The maximum absolute atomic E-state index is 9.70. The normalized spacial score (nSPS) is 31.2. The summed E-state index contributed by atoms with van der Waals surface area (Å²) >= 11 is 3.31. The molecule has 3 nitrogen and oxygen atoms in total. The molecule has 0 amide bonds. The number of rotatable bonds is 5. The second kappa shape index (κ2) is 7.88. The van der Waals surface area contributed by atoms with Crippen molar-refractivity contribution in [1.82, 2.24) is 4.67 Å². The van der Waals surface area contributed by atoms with Gasteiger partial charge < -0.3 is 9.63 Å². The Kier molecular flexibility index (Phi) is 7.72. The summed E-state index contributed by atoms with van der Waals surface area (Å²) in [5, 5.41) is 10.3. The van der Waals surface area contributed by atoms with Crippen LogP contribution in [0.2, 0.25) is 0 Å². The van der Waals surface area contributed by atoms with Crippen LogP contribution in [0.3, 0.4) is 0 Å². The molecule has 6 atom stereocenters. The van der Waals surface area contributed by atoms with Gasteiger partial charge in [-0.25, -0.2) is 0 Å². The van der Waals surface area contributed by atoms with Crippen molar-refractivity contribution >= 4 is 42.7 Å². The Morgan fingerprint density at radius 1 is 1.67 bits per heavy atom. The Morgan fingerprint density at radius 3 is 2.93 bits per heavy atom. The predicted octanol–water partition coefficient (Wildman–Crippen LogP) is 2.16. The third-order valence-electron chi connectivity index (χ3n) is 2.75. The third kappa shape index (κ3) is 4.43. The molecule has 0 bridgehead atoms. The Morgan fingerprint density at radius 2 is 2.40 bits per heavy atom. The van der Waals surface area contributed by atoms with Gasteiger partial charge in [0.15, 0.2) is 0 Å². The first-order valence-electron chi connectivity index (χ1n) is 5.05. The molecule has 1 aliphatic heterocycles. The van der Waals surface area contributed by atoms with Crippen LogP contribution < -0.4 is 0 Å². The predicted molar refractivity (Wildman–Crippen MR) is 76.8 cm³/mol. The van der Waals surface area contributed by atoms with Gasteiger partial charge in [0.05, 0.1) is 12.2 Å². The first-order valence-corrected chi connectivity index (χ1v) is 9.40. The molecule has 0 saturated carbocycles. The van der Waals surface area contributed by atoms with E-state index in [-0.39, 0.29) is 12.2 Å². The van der Waals surface area contributed by atoms with Gasteiger partial charge in [0.25, 0.3) is 0 Å². The second-order valence-electron chi connectivity index (χ2n) is 3.75. The van der Waals surface area contributed by atoms with Crippen LogP contribution in [0.15, 0.2) is 0 Å². The zero-order valence-corrected chi connectivity index (χ0v) is 13.5. The van der Waals surface area contributed by atoms with E-state index in [2.05, 4.69) is 39.0 Å². The van der Waals surface area contributed by atoms with Crippen molar-refractivity contribution in [2.75, 3.05) is 11.9 Å². The van der Waals surface area contributed by atoms with Crippen molar-refractivity contribution in [2.24, 2.45) is 0 Å². The maximum Gasteiger partial charge on any atom is 0.0770 e. The minimum Gasteiger partial charge on any atom is -0.392 e. The largest absolute Gasteiger partial charge is 0.392 e. The highest BCUT2D eigenvalue weighted by Gasteiger charge is 2.32. The van der Waals surface area contributed by atoms with Gasteiger partial charge in [0.1, 0.15) is 0 Å². The maximum atomic E-state index is 9.70. The molecule has 90 valence electrons. The Bertz CT molecular complexity index is 177. The van der Waals surface area contributed by atoms with Gasteiger partial charge in [0.2, 0.25) is 0 Å². The minimum absolute atomic E-state index is 0.241. The molecule has 15 heavy (non-hydrogen) atoms. The Labute approximate surface area is 106 Å². The summed E-state index contributed by atoms with van der Waals surface area (Å²) in [6, 6.07) is 0.347. The number of aliphatic hydroxyl groups is 1. The number of hydrogen-bond donors (Lipinski definition) is 1. The molecule has 1 heterocycles. The van der Waals surface area contributed by atoms with Crippen LogP contribution in [0.1, 0.15) is 19.3 Å². The van der Waals surface area contributed by atoms with Crippen LogP contribution in [0.5, 0.6) is 0 Å². The summed E-state index contributed by atoms with van der Waals surface area (Å²) in [5.41, 5.74) is 0. The Hall–Kier alpha value is 1.65. The summed E-state index contributed by atoms with van der Waals surface area (Å²) in [7, 11) is 5.85. The number of piperidine rings is 1. The van der Waals surface area contributed by atoms with Crippen LogP contribution in [-0.4, -0.2) is 39.9 Å². The van der Waals surface area contributed by atoms with E-state index in [4.69, 9.17) is 4.52 Å². The molecule has 1 fully saturated rings. The van der Waals surface area contributed by atoms with Crippen LogP contribution in [0.4, 0.5) is 0 Å². The van der Waals surface area contributed by atoms with Gasteiger partial charge >= 0.3 is 0 Å². The van der Waals surface area contributed by atoms with E-state index in [0.29, 0.717) is 19.8 Å². The van der Waals surface area contributed by atoms with Crippen molar-refractivity contribution < 1.29 is 9.63 Å². The van der Waals surface area contributed by atoms with Crippen molar-refractivity contribution in [1.29, 1.82) is 0 Å². The molecule has 1 N–H and O–H groups in total. The summed E-state index contributed by atoms with van der Waals surface area (Å²) in [6.45, 7) is 1.12. The first kappa shape index (κ1) is 14.7. The number of hydrogen-bond acceptors (Lipinski definition) is 3. The van der Waals surface area contributed by atoms with Crippen LogP contribution in [0, 0.1) is 0 Å². The molecule has 4 unspecified atom stereocenters. The summed E-state index contributed by atoms with van der Waals surface area (Å²) in [4.78, 5) is 0. The molecule has 0 radical (unpaired) electrons. The van der Waals surface area contributed by atoms with Gasteiger partial charge in [-0.15, -0.1) is 0 Å². The van der Waals surface area contributed by atoms with Crippen molar-refractivity contribution in [2.45, 2.75) is 37.5 Å². The zero-order valence-electron chi connectivity index (χ0n) is 8.60. The lowest BCUT2D eigenvalue weighted by Crippen LogP contribution is -2.45. The molecular formula is C8H19BrNO2P3. The van der Waals surface area contributed by atoms with Gasteiger partial charge in [-0.05, 0) is 27.7 Å². The quantitative estimate of drug-likeness (QED) is 0.618. The summed E-state index contributed by atoms with van der Waals surface area (Å²) in [5.74, 6) is 0. The SMILES string of the molecule is OC(CBr)C[C@@H]1[C@@H](OP)CCCN1PP. The number of halogens is 1. The molecular weight excluding hydrogens is 315 g/mol. The van der Waals surface area contributed by atoms with Gasteiger partial charge in [-0.2, -0.15) is 0 Å². The van der Waals surface area contributed by atoms with E-state index in [0.717, 1.165) is 19.4 Å². The van der Waals surface area contributed by atoms with Gasteiger partial charge in [-0.3, -0.25) is 4.67 Å². The molecule has 0 spiro atoms. The van der Waals surface area contributed by atoms with E-state index in [1.54, 1.807) is 0 Å². The number of alkyl halides is 1. The van der Waals surface area contributed by atoms with E-state index in [1.165, 1.54) is 6.42 Å². The number of aliphatic hydroxyl groups excluding tert-OH is 1. The lowest BCUT2D eigenvalue weighted by atomic mass is 9.97. The standard InChI is InChI=1S/C8H19BrNO2P3/c9-5-6(11)4-7-8(12-13)2-1-3-10(7)15-14/h6-8,11,15H,1-5,13-14H2/t6?,7-,8+/m1/s1. The zero-order chi connectivity index (χ0) is 11.3. The minimum atomic E-state index is -0.278. The average molecular weight is 334 g/mol. The second-order valence-corrected chi connectivity index (χ2v) is 6.28. The summed E-state index contributed by atoms with van der Waals surface area (Å²) < 4.78 is 7.82. The molecule has 7 heteroatoms. The first-order chi connectivity index (χ1) is 7.22. The van der Waals surface area contributed by atoms with E-state index < -0.39 is 0 Å². The van der Waals surface area contributed by atoms with Crippen molar-refractivity contribution in [3.8, 4) is 0 Å². The summed E-state index contributed by atoms with van der Waals surface area (Å²) in [6.07, 6.45) is 3.02. The topological polar surface area (TPSA) is 32.7 Å². The molecule has 0 aromatic carbocycles. The highest BCUT2D eigenvalue weighted by atomic mass is 79.9. The van der Waals surface area contributed by atoms with E-state index >= 15 is 0 Å². The van der Waals surface area contributed by atoms with E-state index in [9.17, 15) is 5.11 Å². The lowest BCUT2D eigenvalue weighted by Gasteiger charge is -2.40.